The van der Waals surface area contributed by atoms with Crippen molar-refractivity contribution in [2.24, 2.45) is 0 Å². The van der Waals surface area contributed by atoms with E-state index < -0.39 is 10.0 Å². The van der Waals surface area contributed by atoms with Crippen LogP contribution in [0, 0.1) is 0 Å². The predicted octanol–water partition coefficient (Wildman–Crippen LogP) is 3.27. The van der Waals surface area contributed by atoms with Crippen LogP contribution in [-0.4, -0.2) is 27.5 Å². The monoisotopic (exact) mass is 351 g/mol. The molecule has 0 heterocycles. The van der Waals surface area contributed by atoms with E-state index in [2.05, 4.69) is 10.8 Å². The molecular weight excluding hydrogens is 326 g/mol. The number of hydrogen-bond donors (Lipinski definition) is 1. The Bertz CT molecular complexity index is 695. The molecular formula is C18H25NO4S. The summed E-state index contributed by atoms with van der Waals surface area (Å²) in [5, 5.41) is 0. The van der Waals surface area contributed by atoms with Gasteiger partial charge in [-0.05, 0) is 56.2 Å². The van der Waals surface area contributed by atoms with E-state index in [9.17, 15) is 13.2 Å². The summed E-state index contributed by atoms with van der Waals surface area (Å²) in [5.41, 5.74) is 1.89. The largest absolute Gasteiger partial charge is 0.466 e. The van der Waals surface area contributed by atoms with Gasteiger partial charge in [0.15, 0.2) is 0 Å². The molecule has 1 aromatic carbocycles. The molecule has 1 aliphatic rings. The van der Waals surface area contributed by atoms with Crippen molar-refractivity contribution in [3.8, 4) is 0 Å². The van der Waals surface area contributed by atoms with Crippen molar-refractivity contribution < 1.29 is 17.9 Å². The van der Waals surface area contributed by atoms with Gasteiger partial charge in [0, 0.05) is 13.0 Å². The van der Waals surface area contributed by atoms with E-state index in [-0.39, 0.29) is 18.9 Å². The van der Waals surface area contributed by atoms with E-state index >= 15 is 0 Å². The first kappa shape index (κ1) is 18.7. The van der Waals surface area contributed by atoms with Crippen LogP contribution in [0.25, 0.3) is 5.57 Å². The number of nitrogens with one attached hydrogen (secondary N) is 1. The van der Waals surface area contributed by atoms with Gasteiger partial charge in [-0.2, -0.15) is 0 Å². The van der Waals surface area contributed by atoms with Crippen LogP contribution >= 0.6 is 0 Å². The number of carbonyl (C=O) groups excluding carboxylic acids is 1. The van der Waals surface area contributed by atoms with Crippen LogP contribution in [0.4, 0.5) is 0 Å². The lowest BCUT2D eigenvalue weighted by Crippen LogP contribution is -2.26. The minimum Gasteiger partial charge on any atom is -0.466 e. The van der Waals surface area contributed by atoms with Crippen molar-refractivity contribution in [1.29, 1.82) is 0 Å². The maximum Gasteiger partial charge on any atom is 0.305 e. The molecule has 0 aromatic heterocycles. The second kappa shape index (κ2) is 8.99. The molecule has 132 valence electrons. The van der Waals surface area contributed by atoms with Crippen molar-refractivity contribution in [3.63, 3.8) is 0 Å². The third-order valence-corrected chi connectivity index (χ3v) is 5.49. The number of sulfonamides is 1. The molecule has 0 amide bonds. The molecule has 24 heavy (non-hydrogen) atoms. The van der Waals surface area contributed by atoms with Crippen LogP contribution in [0.5, 0.6) is 0 Å². The Balaban J connectivity index is 2.04. The molecule has 1 N–H and O–H groups in total. The van der Waals surface area contributed by atoms with Crippen molar-refractivity contribution in [2.45, 2.75) is 50.3 Å². The third-order valence-electron chi connectivity index (χ3n) is 3.97. The Kier molecular flexibility index (Phi) is 6.99. The van der Waals surface area contributed by atoms with E-state index in [1.807, 2.05) is 12.1 Å². The lowest BCUT2D eigenvalue weighted by molar-refractivity contribution is -0.143. The zero-order valence-electron chi connectivity index (χ0n) is 14.1. The fraction of sp³-hybridized carbons (Fsp3) is 0.500. The van der Waals surface area contributed by atoms with Crippen LogP contribution in [-0.2, 0) is 19.6 Å². The highest BCUT2D eigenvalue weighted by Crippen LogP contribution is 2.30. The summed E-state index contributed by atoms with van der Waals surface area (Å²) >= 11 is 0. The Morgan fingerprint density at radius 3 is 2.75 bits per heavy atom. The van der Waals surface area contributed by atoms with Crippen molar-refractivity contribution in [1.82, 2.24) is 4.72 Å². The molecule has 0 spiro atoms. The normalized spacial score (nSPS) is 15.0. The summed E-state index contributed by atoms with van der Waals surface area (Å²) < 4.78 is 32.6. The van der Waals surface area contributed by atoms with Gasteiger partial charge in [0.2, 0.25) is 10.0 Å². The summed E-state index contributed by atoms with van der Waals surface area (Å²) in [5.74, 6) is -0.301. The number of rotatable bonds is 8. The van der Waals surface area contributed by atoms with Gasteiger partial charge in [-0.25, -0.2) is 13.1 Å². The molecule has 0 saturated heterocycles. The molecule has 6 heteroatoms. The number of ether oxygens (including phenoxy) is 1. The fourth-order valence-electron chi connectivity index (χ4n) is 2.80. The summed E-state index contributed by atoms with van der Waals surface area (Å²) in [6, 6.07) is 7.10. The molecule has 1 aliphatic carbocycles. The summed E-state index contributed by atoms with van der Waals surface area (Å²) in [7, 11) is -3.59. The van der Waals surface area contributed by atoms with Crippen LogP contribution in [0.3, 0.4) is 0 Å². The van der Waals surface area contributed by atoms with Crippen molar-refractivity contribution in [3.05, 3.63) is 35.9 Å². The van der Waals surface area contributed by atoms with Gasteiger partial charge in [0.1, 0.15) is 0 Å². The standard InChI is InChI=1S/C18H25NO4S/c1-2-23-18(20)13-8-14-19-24(21,22)17-12-7-6-11-16(17)15-9-4-3-5-10-15/h6-7,9,11-12,19H,2-5,8,10,13-14H2,1H3. The Labute approximate surface area is 144 Å². The highest BCUT2D eigenvalue weighted by molar-refractivity contribution is 7.89. The third kappa shape index (κ3) is 5.18. The molecule has 0 aliphatic heterocycles. The first-order valence-electron chi connectivity index (χ1n) is 8.48. The molecule has 0 fully saturated rings. The Hall–Kier alpha value is -1.66. The first-order valence-corrected chi connectivity index (χ1v) is 9.96. The maximum absolute atomic E-state index is 12.6. The number of esters is 1. The Morgan fingerprint density at radius 2 is 2.04 bits per heavy atom. The lowest BCUT2D eigenvalue weighted by Gasteiger charge is -2.17. The predicted molar refractivity (Wildman–Crippen MR) is 93.9 cm³/mol. The highest BCUT2D eigenvalue weighted by atomic mass is 32.2. The Morgan fingerprint density at radius 1 is 1.25 bits per heavy atom. The molecule has 0 bridgehead atoms. The second-order valence-corrected chi connectivity index (χ2v) is 7.51. The lowest BCUT2D eigenvalue weighted by atomic mass is 9.94. The SMILES string of the molecule is CCOC(=O)CCCNS(=O)(=O)c1ccccc1C1=CCCCC1. The van der Waals surface area contributed by atoms with E-state index in [1.165, 1.54) is 0 Å². The van der Waals surface area contributed by atoms with Crippen LogP contribution in [0.1, 0.15) is 51.0 Å². The summed E-state index contributed by atoms with van der Waals surface area (Å²) in [6.07, 6.45) is 6.93. The molecule has 2 rings (SSSR count). The van der Waals surface area contributed by atoms with E-state index in [0.717, 1.165) is 36.8 Å². The van der Waals surface area contributed by atoms with Crippen molar-refractivity contribution in [2.75, 3.05) is 13.2 Å². The molecule has 0 unspecified atom stereocenters. The van der Waals surface area contributed by atoms with E-state index in [0.29, 0.717) is 17.9 Å². The molecule has 5 nitrogen and oxygen atoms in total. The maximum atomic E-state index is 12.6. The van der Waals surface area contributed by atoms with Gasteiger partial charge >= 0.3 is 5.97 Å². The molecule has 1 aromatic rings. The minimum absolute atomic E-state index is 0.211. The fourth-order valence-corrected chi connectivity index (χ4v) is 4.11. The van der Waals surface area contributed by atoms with Gasteiger partial charge in [0.05, 0.1) is 11.5 Å². The topological polar surface area (TPSA) is 72.5 Å². The highest BCUT2D eigenvalue weighted by Gasteiger charge is 2.20. The first-order chi connectivity index (χ1) is 11.5. The number of benzene rings is 1. The number of carbonyl (C=O) groups is 1. The smallest absolute Gasteiger partial charge is 0.305 e. The number of allylic oxidation sites excluding steroid dienone is 2. The van der Waals surface area contributed by atoms with Gasteiger partial charge in [-0.1, -0.05) is 24.3 Å². The minimum atomic E-state index is -3.59. The average molecular weight is 351 g/mol. The zero-order chi connectivity index (χ0) is 17.4. The summed E-state index contributed by atoms with van der Waals surface area (Å²) in [4.78, 5) is 11.6. The van der Waals surface area contributed by atoms with Crippen LogP contribution in [0.2, 0.25) is 0 Å². The van der Waals surface area contributed by atoms with Gasteiger partial charge in [-0.3, -0.25) is 4.79 Å². The van der Waals surface area contributed by atoms with E-state index in [4.69, 9.17) is 4.74 Å². The summed E-state index contributed by atoms with van der Waals surface area (Å²) in [6.45, 7) is 2.30. The van der Waals surface area contributed by atoms with Gasteiger partial charge in [0.25, 0.3) is 0 Å². The molecule has 0 radical (unpaired) electrons. The van der Waals surface area contributed by atoms with Gasteiger partial charge in [-0.15, -0.1) is 0 Å². The molecule has 0 saturated carbocycles. The quantitative estimate of drug-likeness (QED) is 0.576. The van der Waals surface area contributed by atoms with Crippen LogP contribution in [0.15, 0.2) is 35.2 Å². The number of hydrogen-bond acceptors (Lipinski definition) is 4. The van der Waals surface area contributed by atoms with Crippen molar-refractivity contribution >= 4 is 21.6 Å². The van der Waals surface area contributed by atoms with Gasteiger partial charge < -0.3 is 4.74 Å². The zero-order valence-corrected chi connectivity index (χ0v) is 14.9. The van der Waals surface area contributed by atoms with E-state index in [1.54, 1.807) is 19.1 Å². The average Bonchev–Trinajstić information content (AvgIpc) is 2.60. The second-order valence-electron chi connectivity index (χ2n) is 5.78. The molecule has 0 atom stereocenters. The van der Waals surface area contributed by atoms with Crippen LogP contribution < -0.4 is 4.72 Å².